The second-order valence-electron chi connectivity index (χ2n) is 5.35. The Balaban J connectivity index is 1.71. The van der Waals surface area contributed by atoms with E-state index >= 15 is 0 Å². The topological polar surface area (TPSA) is 55.8 Å². The molecule has 4 nitrogen and oxygen atoms in total. The van der Waals surface area contributed by atoms with Crippen LogP contribution in [-0.4, -0.2) is 4.89 Å². The van der Waals surface area contributed by atoms with Crippen LogP contribution in [0.2, 0.25) is 0 Å². The Morgan fingerprint density at radius 2 is 1.17 bits per heavy atom. The number of para-hydroxylation sites is 1. The lowest BCUT2D eigenvalue weighted by atomic mass is 10.0. The molecule has 0 spiro atoms. The van der Waals surface area contributed by atoms with Gasteiger partial charge in [-0.15, -0.1) is 0 Å². The predicted octanol–water partition coefficient (Wildman–Crippen LogP) is 5.22. The van der Waals surface area contributed by atoms with Crippen molar-refractivity contribution in [1.29, 1.82) is 0 Å². The van der Waals surface area contributed by atoms with E-state index < -0.39 is 7.82 Å². The van der Waals surface area contributed by atoms with Gasteiger partial charge in [-0.2, -0.15) is 0 Å². The molecule has 0 heterocycles. The third-order valence-corrected chi connectivity index (χ3v) is 4.31. The van der Waals surface area contributed by atoms with Gasteiger partial charge < -0.3 is 9.05 Å². The highest BCUT2D eigenvalue weighted by Gasteiger charge is 2.24. The van der Waals surface area contributed by atoms with Gasteiger partial charge in [0, 0.05) is 0 Å². The fraction of sp³-hybridized carbons (Fsp3) is 0.0526. The molecule has 3 aromatic rings. The summed E-state index contributed by atoms with van der Waals surface area (Å²) in [6.45, 7) is 2.03. The zero-order valence-electron chi connectivity index (χ0n) is 13.1. The number of hydrogen-bond donors (Lipinski definition) is 1. The Hall–Kier alpha value is -2.55. The molecule has 0 amide bonds. The van der Waals surface area contributed by atoms with E-state index in [1.54, 1.807) is 42.5 Å². The van der Waals surface area contributed by atoms with E-state index in [-0.39, 0.29) is 11.5 Å². The van der Waals surface area contributed by atoms with Crippen molar-refractivity contribution in [1.82, 2.24) is 0 Å². The lowest BCUT2D eigenvalue weighted by Gasteiger charge is -2.14. The van der Waals surface area contributed by atoms with Crippen molar-refractivity contribution < 1.29 is 18.5 Å². The first kappa shape index (κ1) is 16.3. The largest absolute Gasteiger partial charge is 0.584 e. The van der Waals surface area contributed by atoms with Gasteiger partial charge in [0.2, 0.25) is 0 Å². The Morgan fingerprint density at radius 3 is 1.71 bits per heavy atom. The summed E-state index contributed by atoms with van der Waals surface area (Å²) in [6.07, 6.45) is 0. The van der Waals surface area contributed by atoms with E-state index in [0.29, 0.717) is 0 Å². The van der Waals surface area contributed by atoms with Gasteiger partial charge in [-0.3, -0.25) is 4.89 Å². The molecule has 3 aromatic carbocycles. The van der Waals surface area contributed by atoms with Crippen LogP contribution in [0.15, 0.2) is 78.9 Å². The molecular weight excluding hydrogens is 323 g/mol. The number of phosphoric acid groups is 1. The average molecular weight is 340 g/mol. The summed E-state index contributed by atoms with van der Waals surface area (Å²) in [5, 5.41) is 0. The van der Waals surface area contributed by atoms with E-state index in [1.165, 1.54) is 5.56 Å². The van der Waals surface area contributed by atoms with Crippen molar-refractivity contribution in [2.24, 2.45) is 0 Å². The average Bonchev–Trinajstić information content (AvgIpc) is 2.56. The van der Waals surface area contributed by atoms with Crippen LogP contribution in [0, 0.1) is 6.92 Å². The number of rotatable bonds is 5. The molecule has 1 N–H and O–H groups in total. The summed E-state index contributed by atoms with van der Waals surface area (Å²) in [4.78, 5) is 9.85. The second-order valence-corrected chi connectivity index (χ2v) is 6.66. The SMILES string of the molecule is Cc1ccc(-c2ccc(OP(=O)(O)Oc3ccccc3)cc2)cc1. The quantitative estimate of drug-likeness (QED) is 0.647. The summed E-state index contributed by atoms with van der Waals surface area (Å²) in [5.74, 6) is 0.548. The van der Waals surface area contributed by atoms with Crippen LogP contribution in [0.1, 0.15) is 5.56 Å². The predicted molar refractivity (Wildman–Crippen MR) is 94.1 cm³/mol. The molecule has 0 saturated carbocycles. The summed E-state index contributed by atoms with van der Waals surface area (Å²) in [7, 11) is -4.23. The molecule has 0 aliphatic heterocycles. The molecule has 1 unspecified atom stereocenters. The van der Waals surface area contributed by atoms with Crippen LogP contribution in [0.5, 0.6) is 11.5 Å². The first-order chi connectivity index (χ1) is 11.5. The maximum absolute atomic E-state index is 12.1. The van der Waals surface area contributed by atoms with Gasteiger partial charge in [-0.1, -0.05) is 60.2 Å². The van der Waals surface area contributed by atoms with Crippen molar-refractivity contribution >= 4 is 7.82 Å². The minimum atomic E-state index is -4.23. The second kappa shape index (κ2) is 6.91. The summed E-state index contributed by atoms with van der Waals surface area (Å²) >= 11 is 0. The first-order valence-electron chi connectivity index (χ1n) is 7.46. The first-order valence-corrected chi connectivity index (χ1v) is 8.95. The highest BCUT2D eigenvalue weighted by molar-refractivity contribution is 7.48. The van der Waals surface area contributed by atoms with Gasteiger partial charge in [-0.25, -0.2) is 4.57 Å². The van der Waals surface area contributed by atoms with Gasteiger partial charge in [0.1, 0.15) is 11.5 Å². The fourth-order valence-corrected chi connectivity index (χ4v) is 3.03. The smallest absolute Gasteiger partial charge is 0.395 e. The van der Waals surface area contributed by atoms with Gasteiger partial charge >= 0.3 is 7.82 Å². The molecule has 0 saturated heterocycles. The monoisotopic (exact) mass is 340 g/mol. The lowest BCUT2D eigenvalue weighted by molar-refractivity contribution is 0.291. The Morgan fingerprint density at radius 1 is 0.708 bits per heavy atom. The Labute approximate surface area is 140 Å². The highest BCUT2D eigenvalue weighted by atomic mass is 31.2. The lowest BCUT2D eigenvalue weighted by Crippen LogP contribution is -1.99. The van der Waals surface area contributed by atoms with Crippen molar-refractivity contribution in [2.75, 3.05) is 0 Å². The molecular formula is C19H17O4P. The normalized spacial score (nSPS) is 13.1. The molecule has 24 heavy (non-hydrogen) atoms. The van der Waals surface area contributed by atoms with Crippen molar-refractivity contribution in [3.05, 3.63) is 84.4 Å². The van der Waals surface area contributed by atoms with E-state index in [9.17, 15) is 9.46 Å². The van der Waals surface area contributed by atoms with Crippen molar-refractivity contribution in [3.63, 3.8) is 0 Å². The third-order valence-electron chi connectivity index (χ3n) is 3.42. The maximum Gasteiger partial charge on any atom is 0.584 e. The molecule has 122 valence electrons. The van der Waals surface area contributed by atoms with Crippen LogP contribution in [-0.2, 0) is 4.57 Å². The molecule has 0 fully saturated rings. The van der Waals surface area contributed by atoms with Crippen LogP contribution in [0.25, 0.3) is 11.1 Å². The molecule has 3 rings (SSSR count). The molecule has 0 radical (unpaired) electrons. The van der Waals surface area contributed by atoms with Crippen molar-refractivity contribution in [3.8, 4) is 22.6 Å². The molecule has 0 aromatic heterocycles. The van der Waals surface area contributed by atoms with Crippen LogP contribution in [0.4, 0.5) is 0 Å². The zero-order valence-corrected chi connectivity index (χ0v) is 14.0. The molecule has 1 atom stereocenters. The van der Waals surface area contributed by atoms with E-state index in [0.717, 1.165) is 11.1 Å². The minimum Gasteiger partial charge on any atom is -0.395 e. The standard InChI is InChI=1S/C19H17O4P/c1-15-7-9-16(10-8-15)17-11-13-19(14-12-17)23-24(20,21)22-18-5-3-2-4-6-18/h2-14H,1H3,(H,20,21). The zero-order chi connectivity index (χ0) is 17.0. The van der Waals surface area contributed by atoms with Crippen molar-refractivity contribution in [2.45, 2.75) is 6.92 Å². The summed E-state index contributed by atoms with van der Waals surface area (Å²) in [5.41, 5.74) is 3.26. The molecule has 5 heteroatoms. The van der Waals surface area contributed by atoms with E-state index in [2.05, 4.69) is 0 Å². The Kier molecular flexibility index (Phi) is 4.70. The van der Waals surface area contributed by atoms with Gasteiger partial charge in [0.05, 0.1) is 0 Å². The number of hydrogen-bond acceptors (Lipinski definition) is 3. The Bertz CT molecular complexity index is 843. The van der Waals surface area contributed by atoms with E-state index in [4.69, 9.17) is 9.05 Å². The van der Waals surface area contributed by atoms with Gasteiger partial charge in [0.25, 0.3) is 0 Å². The number of aryl methyl sites for hydroxylation is 1. The number of phosphoric ester groups is 1. The fourth-order valence-electron chi connectivity index (χ4n) is 2.22. The molecule has 0 bridgehead atoms. The highest BCUT2D eigenvalue weighted by Crippen LogP contribution is 2.44. The van der Waals surface area contributed by atoms with Crippen LogP contribution >= 0.6 is 7.82 Å². The molecule has 0 aliphatic carbocycles. The number of benzene rings is 3. The van der Waals surface area contributed by atoms with E-state index in [1.807, 2.05) is 43.3 Å². The van der Waals surface area contributed by atoms with Gasteiger partial charge in [0.15, 0.2) is 0 Å². The minimum absolute atomic E-state index is 0.271. The summed E-state index contributed by atoms with van der Waals surface area (Å²) < 4.78 is 22.2. The van der Waals surface area contributed by atoms with Crippen LogP contribution in [0.3, 0.4) is 0 Å². The maximum atomic E-state index is 12.1. The summed E-state index contributed by atoms with van der Waals surface area (Å²) in [6, 6.07) is 23.5. The molecule has 0 aliphatic rings. The third kappa shape index (κ3) is 4.25. The van der Waals surface area contributed by atoms with Crippen LogP contribution < -0.4 is 9.05 Å². The van der Waals surface area contributed by atoms with Gasteiger partial charge in [-0.05, 0) is 42.3 Å².